The highest BCUT2D eigenvalue weighted by atomic mass is 16.2. The Morgan fingerprint density at radius 1 is 0.390 bits per heavy atom. The summed E-state index contributed by atoms with van der Waals surface area (Å²) in [6, 6.07) is 17.1. The number of carbonyl (C=O) groups is 3. The van der Waals surface area contributed by atoms with Crippen molar-refractivity contribution < 1.29 is 14.4 Å². The van der Waals surface area contributed by atoms with Crippen molar-refractivity contribution in [2.75, 3.05) is 0 Å². The van der Waals surface area contributed by atoms with Gasteiger partial charge in [0.05, 0.1) is 0 Å². The first-order valence-corrected chi connectivity index (χ1v) is 24.3. The van der Waals surface area contributed by atoms with Crippen LogP contribution >= 0.6 is 0 Å². The van der Waals surface area contributed by atoms with E-state index in [1.807, 2.05) is 12.1 Å². The number of amides is 3. The minimum Gasteiger partial charge on any atom is -0.331 e. The Hall–Kier alpha value is -3.99. The number of benzene rings is 5. The normalized spacial score (nSPS) is 14.3. The van der Waals surface area contributed by atoms with E-state index < -0.39 is 0 Å². The Morgan fingerprint density at radius 2 is 0.746 bits per heavy atom. The molecule has 5 aromatic carbocycles. The first kappa shape index (κ1) is 43.1. The van der Waals surface area contributed by atoms with E-state index in [0.717, 1.165) is 100 Å². The van der Waals surface area contributed by atoms with Gasteiger partial charge in [-0.3, -0.25) is 19.3 Å². The fourth-order valence-electron chi connectivity index (χ4n) is 10.8. The average molecular weight is 797 g/mol. The van der Waals surface area contributed by atoms with Gasteiger partial charge in [-0.25, -0.2) is 0 Å². The monoisotopic (exact) mass is 797 g/mol. The zero-order valence-electron chi connectivity index (χ0n) is 37.1. The molecule has 5 nitrogen and oxygen atoms in total. The van der Waals surface area contributed by atoms with E-state index in [2.05, 4.69) is 69.0 Å². The number of unbranched alkanes of at least 4 members (excludes halogenated alkanes) is 16. The van der Waals surface area contributed by atoms with Crippen molar-refractivity contribution in [2.24, 2.45) is 0 Å². The lowest BCUT2D eigenvalue weighted by Gasteiger charge is -2.37. The van der Waals surface area contributed by atoms with Crippen LogP contribution in [0.2, 0.25) is 0 Å². The van der Waals surface area contributed by atoms with E-state index >= 15 is 0 Å². The maximum atomic E-state index is 14.6. The summed E-state index contributed by atoms with van der Waals surface area (Å²) in [4.78, 5) is 47.8. The minimum atomic E-state index is -0.134. The van der Waals surface area contributed by atoms with Crippen LogP contribution in [-0.2, 0) is 6.54 Å². The number of hydrogen-bond donors (Lipinski definition) is 0. The second-order valence-corrected chi connectivity index (χ2v) is 18.3. The molecule has 0 spiro atoms. The summed E-state index contributed by atoms with van der Waals surface area (Å²) < 4.78 is 0. The van der Waals surface area contributed by atoms with Crippen molar-refractivity contribution in [3.8, 4) is 0 Å². The Morgan fingerprint density at radius 3 is 1.17 bits per heavy atom. The minimum absolute atomic E-state index is 0.0793. The quantitative estimate of drug-likeness (QED) is 0.0242. The van der Waals surface area contributed by atoms with E-state index in [1.165, 1.54) is 108 Å². The molecule has 0 aliphatic carbocycles. The van der Waals surface area contributed by atoms with E-state index in [9.17, 15) is 14.4 Å². The van der Waals surface area contributed by atoms with Crippen LogP contribution in [0.15, 0.2) is 48.5 Å². The molecule has 0 saturated carbocycles. The molecule has 0 radical (unpaired) electrons. The van der Waals surface area contributed by atoms with Gasteiger partial charge in [-0.05, 0) is 81.8 Å². The molecule has 316 valence electrons. The topological polar surface area (TPSA) is 57.7 Å². The summed E-state index contributed by atoms with van der Waals surface area (Å²) in [5.74, 6) is -0.0958. The zero-order chi connectivity index (χ0) is 41.3. The molecule has 5 heteroatoms. The molecule has 0 fully saturated rings. The number of carbonyl (C=O) groups excluding carboxylic acids is 3. The highest BCUT2D eigenvalue weighted by Crippen LogP contribution is 2.47. The van der Waals surface area contributed by atoms with Crippen LogP contribution in [0.5, 0.6) is 0 Å². The first-order chi connectivity index (χ1) is 28.9. The van der Waals surface area contributed by atoms with E-state index in [0.29, 0.717) is 17.7 Å². The highest BCUT2D eigenvalue weighted by molar-refractivity contribution is 6.39. The predicted molar refractivity (Wildman–Crippen MR) is 249 cm³/mol. The molecule has 0 aromatic heterocycles. The second-order valence-electron chi connectivity index (χ2n) is 18.3. The van der Waals surface area contributed by atoms with E-state index in [-0.39, 0.29) is 29.8 Å². The zero-order valence-corrected chi connectivity index (χ0v) is 37.1. The van der Waals surface area contributed by atoms with Gasteiger partial charge in [-0.1, -0.05) is 186 Å². The maximum Gasteiger partial charge on any atom is 0.261 e. The molecular formula is C54H72N2O3. The van der Waals surface area contributed by atoms with Gasteiger partial charge < -0.3 is 4.90 Å². The van der Waals surface area contributed by atoms with Crippen LogP contribution < -0.4 is 0 Å². The molecule has 0 N–H and O–H groups in total. The maximum absolute atomic E-state index is 14.6. The van der Waals surface area contributed by atoms with Gasteiger partial charge in [0.25, 0.3) is 17.7 Å². The number of rotatable bonds is 26. The molecule has 0 atom stereocenters. The number of hydrogen-bond acceptors (Lipinski definition) is 3. The van der Waals surface area contributed by atoms with Gasteiger partial charge in [0, 0.05) is 46.1 Å². The summed E-state index contributed by atoms with van der Waals surface area (Å²) in [6.45, 7) is 9.66. The SMILES string of the molecule is CCCCCCCC(CCCCCCC)N1Cc2ccc3c4ccc5c6c(ccc(c7ccc(c2c37)C1=O)c64)C(=O)N(C(CCCCCCC)CCCCCCC)C5=O. The molecule has 0 saturated heterocycles. The molecular weight excluding hydrogens is 725 g/mol. The van der Waals surface area contributed by atoms with Gasteiger partial charge in [0.2, 0.25) is 0 Å². The molecule has 2 aliphatic rings. The fourth-order valence-corrected chi connectivity index (χ4v) is 10.8. The van der Waals surface area contributed by atoms with Crippen LogP contribution in [-0.4, -0.2) is 39.6 Å². The summed E-state index contributed by atoms with van der Waals surface area (Å²) >= 11 is 0. The van der Waals surface area contributed by atoms with Crippen LogP contribution in [0.4, 0.5) is 0 Å². The number of imide groups is 1. The van der Waals surface area contributed by atoms with Crippen molar-refractivity contribution in [1.29, 1.82) is 0 Å². The van der Waals surface area contributed by atoms with E-state index in [1.54, 1.807) is 4.90 Å². The number of nitrogens with zero attached hydrogens (tertiary/aromatic N) is 2. The molecule has 5 aromatic rings. The first-order valence-electron chi connectivity index (χ1n) is 24.3. The van der Waals surface area contributed by atoms with Crippen LogP contribution in [0.25, 0.3) is 43.1 Å². The summed E-state index contributed by atoms with van der Waals surface area (Å²) in [5.41, 5.74) is 3.35. The lowest BCUT2D eigenvalue weighted by Crippen LogP contribution is -2.47. The van der Waals surface area contributed by atoms with Gasteiger partial charge in [0.1, 0.15) is 0 Å². The molecule has 2 heterocycles. The Labute approximate surface area is 355 Å². The standard InChI is InChI=1S/C54H72N2O3/c1-5-9-13-17-21-25-39(26-22-18-14-10-6-2)55-37-38-29-30-41-43-32-35-46-51-47(36-33-44(50(43)51)42-31-34-45(52(55)57)48(38)49(41)42)54(59)56(53(46)58)40(27-23-19-15-11-7-3)28-24-20-16-12-8-4/h29-36,39-40H,5-28,37H2,1-4H3. The summed E-state index contributed by atoms with van der Waals surface area (Å²) in [5, 5.41) is 8.34. The summed E-state index contributed by atoms with van der Waals surface area (Å²) in [7, 11) is 0. The summed E-state index contributed by atoms with van der Waals surface area (Å²) in [6.07, 6.45) is 28.0. The van der Waals surface area contributed by atoms with Gasteiger partial charge in [-0.2, -0.15) is 0 Å². The van der Waals surface area contributed by atoms with Crippen molar-refractivity contribution >= 4 is 60.8 Å². The molecule has 7 rings (SSSR count). The molecule has 0 bridgehead atoms. The average Bonchev–Trinajstić information content (AvgIpc) is 3.25. The third-order valence-electron chi connectivity index (χ3n) is 14.1. The Kier molecular flexibility index (Phi) is 15.0. The molecule has 0 unspecified atom stereocenters. The van der Waals surface area contributed by atoms with Crippen molar-refractivity contribution in [3.05, 3.63) is 70.8 Å². The van der Waals surface area contributed by atoms with Crippen molar-refractivity contribution in [3.63, 3.8) is 0 Å². The Bertz CT molecular complexity index is 2120. The third-order valence-corrected chi connectivity index (χ3v) is 14.1. The van der Waals surface area contributed by atoms with Crippen molar-refractivity contribution in [1.82, 2.24) is 9.80 Å². The fraction of sp³-hybridized carbons (Fsp3) is 0.574. The van der Waals surface area contributed by atoms with Crippen molar-refractivity contribution in [2.45, 2.75) is 200 Å². The second kappa shape index (κ2) is 20.5. The Balaban J connectivity index is 1.22. The number of fused-ring (bicyclic) bond motifs is 2. The smallest absolute Gasteiger partial charge is 0.261 e. The van der Waals surface area contributed by atoms with Crippen LogP contribution in [0.3, 0.4) is 0 Å². The van der Waals surface area contributed by atoms with Gasteiger partial charge in [0.15, 0.2) is 0 Å². The highest BCUT2D eigenvalue weighted by Gasteiger charge is 2.39. The van der Waals surface area contributed by atoms with E-state index in [4.69, 9.17) is 0 Å². The van der Waals surface area contributed by atoms with Gasteiger partial charge in [-0.15, -0.1) is 0 Å². The lowest BCUT2D eigenvalue weighted by molar-refractivity contribution is 0.0516. The van der Waals surface area contributed by atoms with Gasteiger partial charge >= 0.3 is 0 Å². The van der Waals surface area contributed by atoms with Crippen LogP contribution in [0, 0.1) is 0 Å². The third kappa shape index (κ3) is 8.92. The molecule has 59 heavy (non-hydrogen) atoms. The van der Waals surface area contributed by atoms with Crippen LogP contribution in [0.1, 0.15) is 218 Å². The predicted octanol–water partition coefficient (Wildman–Crippen LogP) is 15.5. The largest absolute Gasteiger partial charge is 0.331 e. The molecule has 2 aliphatic heterocycles. The molecule has 3 amide bonds. The lowest BCUT2D eigenvalue weighted by atomic mass is 9.81.